The normalized spacial score (nSPS) is 21.6. The quantitative estimate of drug-likeness (QED) is 0.791. The number of aromatic nitrogens is 2. The molecular weight excluding hydrogens is 246 g/mol. The molecule has 1 aromatic heterocycles. The van der Waals surface area contributed by atoms with Crippen LogP contribution in [0.1, 0.15) is 18.2 Å². The second-order valence-corrected chi connectivity index (χ2v) is 5.14. The van der Waals surface area contributed by atoms with E-state index in [-0.39, 0.29) is 11.8 Å². The van der Waals surface area contributed by atoms with Crippen LogP contribution in [0.15, 0.2) is 33.7 Å². The second-order valence-electron chi connectivity index (χ2n) is 4.26. The van der Waals surface area contributed by atoms with Gasteiger partial charge in [0, 0.05) is 10.5 Å². The third-order valence-electron chi connectivity index (χ3n) is 3.06. The molecule has 0 amide bonds. The van der Waals surface area contributed by atoms with E-state index in [0.717, 1.165) is 12.0 Å². The highest BCUT2D eigenvalue weighted by Gasteiger charge is 2.43. The Hall–Kier alpha value is -1.80. The molecule has 0 radical (unpaired) electrons. The van der Waals surface area contributed by atoms with Gasteiger partial charge in [-0.15, -0.1) is 11.8 Å². The molecule has 4 nitrogen and oxygen atoms in total. The highest BCUT2D eigenvalue weighted by Crippen LogP contribution is 2.46. The summed E-state index contributed by atoms with van der Waals surface area (Å²) in [5.74, 6) is 1.38. The van der Waals surface area contributed by atoms with Crippen molar-refractivity contribution in [3.63, 3.8) is 0 Å². The first-order valence-electron chi connectivity index (χ1n) is 5.69. The zero-order chi connectivity index (χ0) is 12.5. The van der Waals surface area contributed by atoms with Crippen molar-refractivity contribution in [3.05, 3.63) is 30.2 Å². The van der Waals surface area contributed by atoms with Crippen LogP contribution in [-0.2, 0) is 0 Å². The van der Waals surface area contributed by atoms with Gasteiger partial charge in [0.15, 0.2) is 0 Å². The summed E-state index contributed by atoms with van der Waals surface area (Å²) in [5, 5.41) is 12.7. The highest BCUT2D eigenvalue weighted by atomic mass is 32.2. The number of hydrogen-bond acceptors (Lipinski definition) is 5. The fourth-order valence-corrected chi connectivity index (χ4v) is 2.26. The van der Waals surface area contributed by atoms with E-state index in [2.05, 4.69) is 16.2 Å². The fraction of sp³-hybridized carbons (Fsp3) is 0.308. The first-order valence-corrected chi connectivity index (χ1v) is 6.92. The minimum Gasteiger partial charge on any atom is -0.339 e. The van der Waals surface area contributed by atoms with Crippen LogP contribution in [0.4, 0.5) is 0 Å². The van der Waals surface area contributed by atoms with Gasteiger partial charge in [0.1, 0.15) is 0 Å². The molecule has 1 saturated carbocycles. The molecule has 1 aromatic carbocycles. The van der Waals surface area contributed by atoms with E-state index in [1.165, 1.54) is 4.90 Å². The van der Waals surface area contributed by atoms with Crippen LogP contribution in [0.3, 0.4) is 0 Å². The minimum atomic E-state index is 0.0529. The van der Waals surface area contributed by atoms with Crippen molar-refractivity contribution in [1.82, 2.24) is 10.1 Å². The molecule has 1 fully saturated rings. The Bertz CT molecular complexity index is 599. The smallest absolute Gasteiger partial charge is 0.231 e. The second kappa shape index (κ2) is 4.46. The largest absolute Gasteiger partial charge is 0.339 e. The molecular formula is C13H11N3OS. The van der Waals surface area contributed by atoms with Crippen molar-refractivity contribution in [3.8, 4) is 17.5 Å². The first-order chi connectivity index (χ1) is 8.81. The van der Waals surface area contributed by atoms with Gasteiger partial charge in [-0.25, -0.2) is 0 Å². The number of nitriles is 1. The molecule has 2 aromatic rings. The van der Waals surface area contributed by atoms with Gasteiger partial charge in [-0.05, 0) is 36.9 Å². The van der Waals surface area contributed by atoms with Crippen LogP contribution < -0.4 is 0 Å². The van der Waals surface area contributed by atoms with Crippen molar-refractivity contribution in [2.75, 3.05) is 6.26 Å². The zero-order valence-electron chi connectivity index (χ0n) is 9.83. The molecule has 1 heterocycles. The lowest BCUT2D eigenvalue weighted by molar-refractivity contribution is 0.378. The number of rotatable bonds is 3. The van der Waals surface area contributed by atoms with Gasteiger partial charge in [0.25, 0.3) is 0 Å². The van der Waals surface area contributed by atoms with Crippen LogP contribution in [0.2, 0.25) is 0 Å². The van der Waals surface area contributed by atoms with Crippen LogP contribution in [0.25, 0.3) is 11.4 Å². The Morgan fingerprint density at radius 3 is 2.78 bits per heavy atom. The van der Waals surface area contributed by atoms with Gasteiger partial charge in [-0.3, -0.25) is 0 Å². The van der Waals surface area contributed by atoms with Crippen LogP contribution in [0, 0.1) is 17.2 Å². The first kappa shape index (κ1) is 11.3. The maximum atomic E-state index is 8.78. The molecule has 0 aliphatic heterocycles. The van der Waals surface area contributed by atoms with E-state index in [0.29, 0.717) is 11.7 Å². The lowest BCUT2D eigenvalue weighted by Crippen LogP contribution is -1.83. The molecule has 0 saturated heterocycles. The molecule has 0 bridgehead atoms. The van der Waals surface area contributed by atoms with E-state index in [1.807, 2.05) is 30.5 Å². The molecule has 2 unspecified atom stereocenters. The fourth-order valence-electron chi connectivity index (χ4n) is 1.85. The summed E-state index contributed by atoms with van der Waals surface area (Å²) >= 11 is 1.70. The number of benzene rings is 1. The zero-order valence-corrected chi connectivity index (χ0v) is 10.6. The Labute approximate surface area is 109 Å². The molecule has 2 atom stereocenters. The Morgan fingerprint density at radius 2 is 2.17 bits per heavy atom. The van der Waals surface area contributed by atoms with Gasteiger partial charge in [-0.1, -0.05) is 5.16 Å². The summed E-state index contributed by atoms with van der Waals surface area (Å²) in [6.45, 7) is 0. The van der Waals surface area contributed by atoms with E-state index in [4.69, 9.17) is 9.78 Å². The predicted octanol–water partition coefficient (Wildman–Crippen LogP) is 3.09. The number of nitrogens with zero attached hydrogens (tertiary/aromatic N) is 3. The van der Waals surface area contributed by atoms with E-state index in [1.54, 1.807) is 11.8 Å². The summed E-state index contributed by atoms with van der Waals surface area (Å²) in [7, 11) is 0. The minimum absolute atomic E-state index is 0.0529. The van der Waals surface area contributed by atoms with Crippen molar-refractivity contribution in [1.29, 1.82) is 5.26 Å². The third kappa shape index (κ3) is 2.00. The van der Waals surface area contributed by atoms with Crippen LogP contribution in [-0.4, -0.2) is 16.4 Å². The van der Waals surface area contributed by atoms with Crippen molar-refractivity contribution in [2.24, 2.45) is 5.92 Å². The molecule has 1 aliphatic rings. The average Bonchev–Trinajstić information content (AvgIpc) is 3.06. The van der Waals surface area contributed by atoms with Crippen molar-refractivity contribution < 1.29 is 4.52 Å². The summed E-state index contributed by atoms with van der Waals surface area (Å²) < 4.78 is 5.21. The molecule has 0 N–H and O–H groups in total. The summed E-state index contributed by atoms with van der Waals surface area (Å²) in [5.41, 5.74) is 0.942. The number of hydrogen-bond donors (Lipinski definition) is 0. The van der Waals surface area contributed by atoms with E-state index < -0.39 is 0 Å². The van der Waals surface area contributed by atoms with Gasteiger partial charge in [-0.2, -0.15) is 10.2 Å². The summed E-state index contributed by atoms with van der Waals surface area (Å²) in [4.78, 5) is 5.56. The van der Waals surface area contributed by atoms with Crippen molar-refractivity contribution in [2.45, 2.75) is 17.2 Å². The Morgan fingerprint density at radius 1 is 1.39 bits per heavy atom. The van der Waals surface area contributed by atoms with E-state index in [9.17, 15) is 0 Å². The monoisotopic (exact) mass is 257 g/mol. The van der Waals surface area contributed by atoms with Crippen molar-refractivity contribution >= 4 is 11.8 Å². The van der Waals surface area contributed by atoms with E-state index >= 15 is 0 Å². The molecule has 3 rings (SSSR count). The van der Waals surface area contributed by atoms with Crippen LogP contribution >= 0.6 is 11.8 Å². The van der Waals surface area contributed by atoms with Gasteiger partial charge in [0.2, 0.25) is 11.7 Å². The third-order valence-corrected chi connectivity index (χ3v) is 3.81. The number of thioether (sulfide) groups is 1. The molecule has 1 aliphatic carbocycles. The Kier molecular flexibility index (Phi) is 2.80. The Balaban J connectivity index is 1.82. The lowest BCUT2D eigenvalue weighted by Gasteiger charge is -1.96. The van der Waals surface area contributed by atoms with Gasteiger partial charge >= 0.3 is 0 Å². The summed E-state index contributed by atoms with van der Waals surface area (Å²) in [6.07, 6.45) is 2.88. The van der Waals surface area contributed by atoms with Gasteiger partial charge in [0.05, 0.1) is 17.9 Å². The SMILES string of the molecule is CSc1ccc(-c2noc(C3CC3C#N)n2)cc1. The predicted molar refractivity (Wildman–Crippen MR) is 68.0 cm³/mol. The highest BCUT2D eigenvalue weighted by molar-refractivity contribution is 7.98. The maximum Gasteiger partial charge on any atom is 0.231 e. The molecule has 90 valence electrons. The average molecular weight is 257 g/mol. The maximum absolute atomic E-state index is 8.78. The summed E-state index contributed by atoms with van der Waals surface area (Å²) in [6, 6.07) is 10.2. The van der Waals surface area contributed by atoms with Gasteiger partial charge < -0.3 is 4.52 Å². The molecule has 5 heteroatoms. The standard InChI is InChI=1S/C13H11N3OS/c1-18-10-4-2-8(3-5-10)12-15-13(17-16-12)11-6-9(11)7-14/h2-5,9,11H,6H2,1H3. The topological polar surface area (TPSA) is 62.7 Å². The molecule has 18 heavy (non-hydrogen) atoms. The van der Waals surface area contributed by atoms with Crippen LogP contribution in [0.5, 0.6) is 0 Å². The lowest BCUT2D eigenvalue weighted by atomic mass is 10.2. The molecule has 0 spiro atoms.